The molecule has 2 aromatic carbocycles. The van der Waals surface area contributed by atoms with E-state index in [-0.39, 0.29) is 4.90 Å². The van der Waals surface area contributed by atoms with E-state index in [4.69, 9.17) is 4.74 Å². The molecule has 0 aliphatic heterocycles. The number of rotatable bonds is 5. The predicted octanol–water partition coefficient (Wildman–Crippen LogP) is 2.55. The van der Waals surface area contributed by atoms with Gasteiger partial charge in [0.2, 0.25) is 0 Å². The van der Waals surface area contributed by atoms with Gasteiger partial charge < -0.3 is 9.84 Å². The van der Waals surface area contributed by atoms with E-state index in [0.717, 1.165) is 0 Å². The minimum Gasteiger partial charge on any atom is -0.497 e. The quantitative estimate of drug-likeness (QED) is 0.890. The van der Waals surface area contributed by atoms with E-state index in [0.29, 0.717) is 17.0 Å². The lowest BCUT2D eigenvalue weighted by molar-refractivity contribution is 0.199. The number of methoxy groups -OCH3 is 1. The van der Waals surface area contributed by atoms with E-state index in [1.807, 2.05) is 0 Å². The van der Waals surface area contributed by atoms with E-state index in [1.165, 1.54) is 19.2 Å². The zero-order valence-corrected chi connectivity index (χ0v) is 12.6. The Morgan fingerprint density at radius 1 is 1.14 bits per heavy atom. The average Bonchev–Trinajstić information content (AvgIpc) is 2.47. The molecule has 0 spiro atoms. The molecule has 2 rings (SSSR count). The minimum atomic E-state index is -3.71. The summed E-state index contributed by atoms with van der Waals surface area (Å²) in [6.07, 6.45) is -0.725. The lowest BCUT2D eigenvalue weighted by Crippen LogP contribution is -2.13. The van der Waals surface area contributed by atoms with E-state index in [9.17, 15) is 13.5 Å². The fourth-order valence-corrected chi connectivity index (χ4v) is 2.95. The molecule has 1 atom stereocenters. The summed E-state index contributed by atoms with van der Waals surface area (Å²) < 4.78 is 32.2. The van der Waals surface area contributed by atoms with E-state index >= 15 is 0 Å². The molecule has 6 heteroatoms. The maximum atomic E-state index is 12.3. The van der Waals surface area contributed by atoms with Gasteiger partial charge in [0.05, 0.1) is 23.8 Å². The fourth-order valence-electron chi connectivity index (χ4n) is 1.84. The summed E-state index contributed by atoms with van der Waals surface area (Å²) in [5.41, 5.74) is 0.959. The highest BCUT2D eigenvalue weighted by Gasteiger charge is 2.15. The van der Waals surface area contributed by atoms with Crippen LogP contribution in [0.2, 0.25) is 0 Å². The first-order valence-corrected chi connectivity index (χ1v) is 7.85. The second-order valence-electron chi connectivity index (χ2n) is 4.59. The molecule has 0 saturated carbocycles. The van der Waals surface area contributed by atoms with Crippen molar-refractivity contribution in [1.82, 2.24) is 0 Å². The summed E-state index contributed by atoms with van der Waals surface area (Å²) in [7, 11) is -2.20. The summed E-state index contributed by atoms with van der Waals surface area (Å²) in [6.45, 7) is 1.58. The molecular weight excluding hydrogens is 290 g/mol. The van der Waals surface area contributed by atoms with Crippen molar-refractivity contribution in [3.05, 3.63) is 54.1 Å². The van der Waals surface area contributed by atoms with Crippen molar-refractivity contribution in [2.75, 3.05) is 11.8 Å². The molecular formula is C15H17NO4S. The smallest absolute Gasteiger partial charge is 0.261 e. The summed E-state index contributed by atoms with van der Waals surface area (Å²) in [5.74, 6) is 0.563. The Kier molecular flexibility index (Phi) is 4.50. The van der Waals surface area contributed by atoms with Crippen molar-refractivity contribution >= 4 is 15.7 Å². The molecule has 0 saturated heterocycles. The normalized spacial score (nSPS) is 12.7. The molecule has 0 aromatic heterocycles. The van der Waals surface area contributed by atoms with Crippen LogP contribution in [0.4, 0.5) is 5.69 Å². The van der Waals surface area contributed by atoms with Gasteiger partial charge in [-0.3, -0.25) is 4.72 Å². The highest BCUT2D eigenvalue weighted by atomic mass is 32.2. The third-order valence-electron chi connectivity index (χ3n) is 2.97. The van der Waals surface area contributed by atoms with Gasteiger partial charge in [0.1, 0.15) is 5.75 Å². The van der Waals surface area contributed by atoms with Gasteiger partial charge in [-0.15, -0.1) is 0 Å². The third-order valence-corrected chi connectivity index (χ3v) is 4.35. The molecule has 112 valence electrons. The summed E-state index contributed by atoms with van der Waals surface area (Å²) >= 11 is 0. The van der Waals surface area contributed by atoms with Crippen LogP contribution in [0.15, 0.2) is 53.4 Å². The molecule has 2 aromatic rings. The van der Waals surface area contributed by atoms with Crippen LogP contribution in [0.25, 0.3) is 0 Å². The first-order chi connectivity index (χ1) is 9.92. The average molecular weight is 307 g/mol. The third kappa shape index (κ3) is 3.74. The van der Waals surface area contributed by atoms with Crippen LogP contribution in [-0.2, 0) is 10.0 Å². The minimum absolute atomic E-state index is 0.101. The Balaban J connectivity index is 2.31. The van der Waals surface area contributed by atoms with Gasteiger partial charge in [-0.1, -0.05) is 18.2 Å². The molecule has 21 heavy (non-hydrogen) atoms. The zero-order valence-electron chi connectivity index (χ0n) is 11.8. The first-order valence-electron chi connectivity index (χ1n) is 6.37. The number of aliphatic hydroxyl groups excluding tert-OH is 1. The molecule has 0 aliphatic carbocycles. The molecule has 0 heterocycles. The van der Waals surface area contributed by atoms with Crippen LogP contribution in [0.1, 0.15) is 18.6 Å². The van der Waals surface area contributed by atoms with Gasteiger partial charge in [0, 0.05) is 6.07 Å². The van der Waals surface area contributed by atoms with Crippen molar-refractivity contribution < 1.29 is 18.3 Å². The van der Waals surface area contributed by atoms with Crippen LogP contribution in [0, 0.1) is 0 Å². The predicted molar refractivity (Wildman–Crippen MR) is 80.9 cm³/mol. The van der Waals surface area contributed by atoms with Crippen LogP contribution in [0.3, 0.4) is 0 Å². The van der Waals surface area contributed by atoms with Gasteiger partial charge in [-0.2, -0.15) is 0 Å². The van der Waals surface area contributed by atoms with Crippen LogP contribution in [0.5, 0.6) is 5.75 Å². The lowest BCUT2D eigenvalue weighted by Gasteiger charge is -2.11. The topological polar surface area (TPSA) is 75.6 Å². The van der Waals surface area contributed by atoms with Crippen LogP contribution < -0.4 is 9.46 Å². The standard InChI is InChI=1S/C15H17NO4S/c1-11(17)12-5-3-8-15(9-12)21(18,19)16-13-6-4-7-14(10-13)20-2/h3-11,16-17H,1-2H3. The van der Waals surface area contributed by atoms with E-state index < -0.39 is 16.1 Å². The Labute approximate surface area is 124 Å². The van der Waals surface area contributed by atoms with E-state index in [2.05, 4.69) is 4.72 Å². The SMILES string of the molecule is COc1cccc(NS(=O)(=O)c2cccc(C(C)O)c2)c1. The Morgan fingerprint density at radius 3 is 2.52 bits per heavy atom. The molecule has 0 bridgehead atoms. The van der Waals surface area contributed by atoms with E-state index in [1.54, 1.807) is 43.3 Å². The molecule has 1 unspecified atom stereocenters. The number of ether oxygens (including phenoxy) is 1. The number of hydrogen-bond acceptors (Lipinski definition) is 4. The van der Waals surface area contributed by atoms with Crippen molar-refractivity contribution in [2.45, 2.75) is 17.9 Å². The number of benzene rings is 2. The van der Waals surface area contributed by atoms with Crippen molar-refractivity contribution in [2.24, 2.45) is 0 Å². The largest absolute Gasteiger partial charge is 0.497 e. The van der Waals surface area contributed by atoms with Gasteiger partial charge in [0.15, 0.2) is 0 Å². The number of hydrogen-bond donors (Lipinski definition) is 2. The van der Waals surface area contributed by atoms with Crippen molar-refractivity contribution in [1.29, 1.82) is 0 Å². The monoisotopic (exact) mass is 307 g/mol. The van der Waals surface area contributed by atoms with Crippen LogP contribution >= 0.6 is 0 Å². The summed E-state index contributed by atoms with van der Waals surface area (Å²) in [4.78, 5) is 0.101. The number of aliphatic hydroxyl groups is 1. The summed E-state index contributed by atoms with van der Waals surface area (Å²) in [5, 5.41) is 9.54. The lowest BCUT2D eigenvalue weighted by atomic mass is 10.1. The fraction of sp³-hybridized carbons (Fsp3) is 0.200. The Hall–Kier alpha value is -2.05. The van der Waals surface area contributed by atoms with Gasteiger partial charge in [-0.25, -0.2) is 8.42 Å². The highest BCUT2D eigenvalue weighted by Crippen LogP contribution is 2.22. The molecule has 0 fully saturated rings. The Bertz CT molecular complexity index is 726. The van der Waals surface area contributed by atoms with Crippen LogP contribution in [-0.4, -0.2) is 20.6 Å². The Morgan fingerprint density at radius 2 is 1.86 bits per heavy atom. The van der Waals surface area contributed by atoms with Gasteiger partial charge >= 0.3 is 0 Å². The highest BCUT2D eigenvalue weighted by molar-refractivity contribution is 7.92. The van der Waals surface area contributed by atoms with Gasteiger partial charge in [0.25, 0.3) is 10.0 Å². The van der Waals surface area contributed by atoms with Crippen molar-refractivity contribution in [3.8, 4) is 5.75 Å². The molecule has 0 aliphatic rings. The molecule has 0 amide bonds. The molecule has 2 N–H and O–H groups in total. The number of anilines is 1. The number of nitrogens with one attached hydrogen (secondary N) is 1. The first kappa shape index (κ1) is 15.3. The summed E-state index contributed by atoms with van der Waals surface area (Å²) in [6, 6.07) is 12.9. The van der Waals surface area contributed by atoms with Gasteiger partial charge in [-0.05, 0) is 36.8 Å². The molecule has 5 nitrogen and oxygen atoms in total. The zero-order chi connectivity index (χ0) is 15.5. The van der Waals surface area contributed by atoms with Crippen molar-refractivity contribution in [3.63, 3.8) is 0 Å². The molecule has 0 radical (unpaired) electrons. The number of sulfonamides is 1. The second-order valence-corrected chi connectivity index (χ2v) is 6.27. The maximum absolute atomic E-state index is 12.3. The maximum Gasteiger partial charge on any atom is 0.261 e. The second kappa shape index (κ2) is 6.15.